The lowest BCUT2D eigenvalue weighted by atomic mass is 9.91. The van der Waals surface area contributed by atoms with Crippen molar-refractivity contribution in [3.05, 3.63) is 34.7 Å². The van der Waals surface area contributed by atoms with Gasteiger partial charge in [0, 0.05) is 25.2 Å². The van der Waals surface area contributed by atoms with Crippen molar-refractivity contribution in [2.24, 2.45) is 0 Å². The number of β-amino-alcohol motifs (C(OH)–C–C–N with tert-alkyl or cyclic N) is 1. The zero-order chi connectivity index (χ0) is 13.2. The molecule has 1 aliphatic rings. The zero-order valence-electron chi connectivity index (χ0n) is 10.5. The van der Waals surface area contributed by atoms with Gasteiger partial charge in [-0.25, -0.2) is 0 Å². The van der Waals surface area contributed by atoms with E-state index >= 15 is 0 Å². The van der Waals surface area contributed by atoms with Crippen molar-refractivity contribution in [1.82, 2.24) is 9.47 Å². The maximum Gasteiger partial charge on any atom is 0.250 e. The molecule has 5 heteroatoms. The van der Waals surface area contributed by atoms with Gasteiger partial charge >= 0.3 is 0 Å². The van der Waals surface area contributed by atoms with Crippen LogP contribution in [0.5, 0.6) is 0 Å². The number of carbonyl (C=O) groups is 1. The summed E-state index contributed by atoms with van der Waals surface area (Å²) < 4.78 is 1.52. The van der Waals surface area contributed by atoms with Crippen LogP contribution in [0.25, 0.3) is 0 Å². The SMILES string of the molecule is CCC1(O)CN(C(=O)CCn2ccccc2=O)C1. The molecule has 0 atom stereocenters. The van der Waals surface area contributed by atoms with E-state index in [9.17, 15) is 14.7 Å². The van der Waals surface area contributed by atoms with Crippen LogP contribution in [0.1, 0.15) is 19.8 Å². The Morgan fingerprint density at radius 2 is 2.17 bits per heavy atom. The van der Waals surface area contributed by atoms with E-state index in [1.165, 1.54) is 10.6 Å². The molecule has 1 aliphatic heterocycles. The fourth-order valence-electron chi connectivity index (χ4n) is 2.08. The molecule has 0 bridgehead atoms. The first-order valence-corrected chi connectivity index (χ1v) is 6.20. The summed E-state index contributed by atoms with van der Waals surface area (Å²) in [6.45, 7) is 3.11. The minimum Gasteiger partial charge on any atom is -0.386 e. The summed E-state index contributed by atoms with van der Waals surface area (Å²) >= 11 is 0. The van der Waals surface area contributed by atoms with E-state index < -0.39 is 5.60 Å². The number of likely N-dealkylation sites (tertiary alicyclic amines) is 1. The lowest BCUT2D eigenvalue weighted by Gasteiger charge is -2.46. The molecule has 1 aromatic rings. The van der Waals surface area contributed by atoms with Crippen LogP contribution in [-0.2, 0) is 11.3 Å². The van der Waals surface area contributed by atoms with Gasteiger partial charge in [0.15, 0.2) is 0 Å². The Morgan fingerprint density at radius 1 is 1.44 bits per heavy atom. The Balaban J connectivity index is 1.84. The molecular formula is C13H18N2O3. The highest BCUT2D eigenvalue weighted by atomic mass is 16.3. The van der Waals surface area contributed by atoms with Crippen LogP contribution in [0.15, 0.2) is 29.2 Å². The molecule has 18 heavy (non-hydrogen) atoms. The van der Waals surface area contributed by atoms with Crippen molar-refractivity contribution in [3.63, 3.8) is 0 Å². The van der Waals surface area contributed by atoms with Crippen molar-refractivity contribution in [2.75, 3.05) is 13.1 Å². The molecule has 0 unspecified atom stereocenters. The fourth-order valence-corrected chi connectivity index (χ4v) is 2.08. The third-order valence-corrected chi connectivity index (χ3v) is 3.45. The molecule has 0 saturated carbocycles. The van der Waals surface area contributed by atoms with E-state index in [4.69, 9.17) is 0 Å². The van der Waals surface area contributed by atoms with Crippen LogP contribution in [0.3, 0.4) is 0 Å². The molecule has 0 aromatic carbocycles. The maximum atomic E-state index is 11.8. The van der Waals surface area contributed by atoms with Gasteiger partial charge < -0.3 is 14.6 Å². The Kier molecular flexibility index (Phi) is 3.52. The summed E-state index contributed by atoms with van der Waals surface area (Å²) in [5, 5.41) is 9.82. The second-order valence-electron chi connectivity index (χ2n) is 4.81. The van der Waals surface area contributed by atoms with Crippen molar-refractivity contribution in [2.45, 2.75) is 31.9 Å². The molecule has 98 valence electrons. The summed E-state index contributed by atoms with van der Waals surface area (Å²) in [4.78, 5) is 24.9. The lowest BCUT2D eigenvalue weighted by molar-refractivity contribution is -0.155. The molecule has 1 aromatic heterocycles. The number of carbonyl (C=O) groups excluding carboxylic acids is 1. The molecule has 1 fully saturated rings. The summed E-state index contributed by atoms with van der Waals surface area (Å²) in [6, 6.07) is 4.92. The third-order valence-electron chi connectivity index (χ3n) is 3.45. The molecule has 1 N–H and O–H groups in total. The predicted octanol–water partition coefficient (Wildman–Crippen LogP) is 0.222. The number of aromatic nitrogens is 1. The van der Waals surface area contributed by atoms with E-state index in [0.717, 1.165) is 0 Å². The van der Waals surface area contributed by atoms with Gasteiger partial charge in [-0.3, -0.25) is 9.59 Å². The van der Waals surface area contributed by atoms with Gasteiger partial charge in [0.05, 0.1) is 18.7 Å². The summed E-state index contributed by atoms with van der Waals surface area (Å²) in [7, 11) is 0. The molecule has 2 rings (SSSR count). The second kappa shape index (κ2) is 4.94. The number of amides is 1. The normalized spacial score (nSPS) is 17.3. The van der Waals surface area contributed by atoms with E-state index in [1.54, 1.807) is 23.2 Å². The van der Waals surface area contributed by atoms with Gasteiger partial charge in [-0.2, -0.15) is 0 Å². The molecule has 0 radical (unpaired) electrons. The van der Waals surface area contributed by atoms with Crippen LogP contribution in [-0.4, -0.2) is 39.2 Å². The molecule has 1 amide bonds. The predicted molar refractivity (Wildman–Crippen MR) is 67.1 cm³/mol. The Bertz CT molecular complexity index is 489. The number of aliphatic hydroxyl groups is 1. The first kappa shape index (κ1) is 12.8. The number of rotatable bonds is 4. The van der Waals surface area contributed by atoms with Gasteiger partial charge in [0.25, 0.3) is 5.56 Å². The first-order valence-electron chi connectivity index (χ1n) is 6.20. The molecule has 0 aliphatic carbocycles. The highest BCUT2D eigenvalue weighted by molar-refractivity contribution is 5.77. The fraction of sp³-hybridized carbons (Fsp3) is 0.538. The second-order valence-corrected chi connectivity index (χ2v) is 4.81. The number of hydrogen-bond acceptors (Lipinski definition) is 3. The summed E-state index contributed by atoms with van der Waals surface area (Å²) in [6.07, 6.45) is 2.63. The van der Waals surface area contributed by atoms with Crippen LogP contribution < -0.4 is 5.56 Å². The Labute approximate surface area is 106 Å². The number of pyridine rings is 1. The minimum absolute atomic E-state index is 0.0103. The zero-order valence-corrected chi connectivity index (χ0v) is 10.5. The summed E-state index contributed by atoms with van der Waals surface area (Å²) in [5.74, 6) is -0.0103. The topological polar surface area (TPSA) is 62.5 Å². The Morgan fingerprint density at radius 3 is 2.78 bits per heavy atom. The van der Waals surface area contributed by atoms with Crippen molar-refractivity contribution < 1.29 is 9.90 Å². The van der Waals surface area contributed by atoms with Crippen LogP contribution in [0.4, 0.5) is 0 Å². The monoisotopic (exact) mass is 250 g/mol. The molecular weight excluding hydrogens is 232 g/mol. The van der Waals surface area contributed by atoms with E-state index in [1.807, 2.05) is 6.92 Å². The molecule has 5 nitrogen and oxygen atoms in total. The lowest BCUT2D eigenvalue weighted by Crippen LogP contribution is -2.63. The van der Waals surface area contributed by atoms with Crippen LogP contribution >= 0.6 is 0 Å². The van der Waals surface area contributed by atoms with Gasteiger partial charge in [0.1, 0.15) is 0 Å². The standard InChI is InChI=1S/C13H18N2O3/c1-2-13(18)9-15(10-13)12(17)6-8-14-7-4-3-5-11(14)16/h3-5,7,18H,2,6,8-10H2,1H3. The van der Waals surface area contributed by atoms with E-state index in [0.29, 0.717) is 32.5 Å². The van der Waals surface area contributed by atoms with Gasteiger partial charge in [-0.15, -0.1) is 0 Å². The molecule has 0 spiro atoms. The average molecular weight is 250 g/mol. The average Bonchev–Trinajstić information content (AvgIpc) is 2.33. The third kappa shape index (κ3) is 2.61. The van der Waals surface area contributed by atoms with Gasteiger partial charge in [-0.05, 0) is 12.5 Å². The molecule has 2 heterocycles. The van der Waals surface area contributed by atoms with Crippen LogP contribution in [0, 0.1) is 0 Å². The number of aryl methyl sites for hydroxylation is 1. The smallest absolute Gasteiger partial charge is 0.250 e. The summed E-state index contributed by atoms with van der Waals surface area (Å²) in [5.41, 5.74) is -0.793. The van der Waals surface area contributed by atoms with Crippen LogP contribution in [0.2, 0.25) is 0 Å². The molecule has 1 saturated heterocycles. The minimum atomic E-state index is -0.695. The quantitative estimate of drug-likeness (QED) is 0.831. The van der Waals surface area contributed by atoms with Crippen molar-refractivity contribution >= 4 is 5.91 Å². The highest BCUT2D eigenvalue weighted by Crippen LogP contribution is 2.24. The van der Waals surface area contributed by atoms with E-state index in [2.05, 4.69) is 0 Å². The Hall–Kier alpha value is -1.62. The van der Waals surface area contributed by atoms with E-state index in [-0.39, 0.29) is 11.5 Å². The number of nitrogens with zero attached hydrogens (tertiary/aromatic N) is 2. The largest absolute Gasteiger partial charge is 0.386 e. The van der Waals surface area contributed by atoms with Gasteiger partial charge in [-0.1, -0.05) is 13.0 Å². The number of hydrogen-bond donors (Lipinski definition) is 1. The maximum absolute atomic E-state index is 11.8. The highest BCUT2D eigenvalue weighted by Gasteiger charge is 2.41. The van der Waals surface area contributed by atoms with Gasteiger partial charge in [0.2, 0.25) is 5.91 Å². The first-order chi connectivity index (χ1) is 8.54. The van der Waals surface area contributed by atoms with Crippen molar-refractivity contribution in [1.29, 1.82) is 0 Å². The van der Waals surface area contributed by atoms with Crippen molar-refractivity contribution in [3.8, 4) is 0 Å².